The van der Waals surface area contributed by atoms with E-state index in [9.17, 15) is 22.7 Å². The topological polar surface area (TPSA) is 82.8 Å². The van der Waals surface area contributed by atoms with Gasteiger partial charge in [-0.1, -0.05) is 0 Å². The Morgan fingerprint density at radius 2 is 1.87 bits per heavy atom. The van der Waals surface area contributed by atoms with Gasteiger partial charge in [-0.3, -0.25) is 4.79 Å². The third-order valence-corrected chi connectivity index (χ3v) is 7.82. The van der Waals surface area contributed by atoms with E-state index < -0.39 is 21.8 Å². The second-order valence-corrected chi connectivity index (χ2v) is 10.1. The number of hydrogen-bond acceptors (Lipinski definition) is 4. The average Bonchev–Trinajstić information content (AvgIpc) is 2.92. The molecule has 0 bridgehead atoms. The minimum atomic E-state index is -3.55. The normalized spacial score (nSPS) is 16.0. The van der Waals surface area contributed by atoms with Crippen molar-refractivity contribution in [3.63, 3.8) is 0 Å². The summed E-state index contributed by atoms with van der Waals surface area (Å²) in [4.78, 5) is 13.5. The molecule has 31 heavy (non-hydrogen) atoms. The number of carboxylic acid groups (broad SMARTS) is 1. The van der Waals surface area contributed by atoms with E-state index in [1.54, 1.807) is 23.7 Å². The summed E-state index contributed by atoms with van der Waals surface area (Å²) in [5.41, 5.74) is 4.58. The Labute approximate surface area is 180 Å². The number of rotatable bonds is 4. The molecule has 3 aromatic rings. The Balaban J connectivity index is 1.87. The van der Waals surface area contributed by atoms with Crippen molar-refractivity contribution in [2.75, 3.05) is 25.7 Å². The number of halogens is 1. The first-order chi connectivity index (χ1) is 14.5. The van der Waals surface area contributed by atoms with Gasteiger partial charge in [0, 0.05) is 37.1 Å². The van der Waals surface area contributed by atoms with Crippen molar-refractivity contribution in [3.05, 3.63) is 58.5 Å². The molecule has 0 aliphatic carbocycles. The number of benzene rings is 2. The van der Waals surface area contributed by atoms with Gasteiger partial charge in [-0.2, -0.15) is 4.31 Å². The van der Waals surface area contributed by atoms with E-state index in [0.717, 1.165) is 22.4 Å². The van der Waals surface area contributed by atoms with Crippen molar-refractivity contribution >= 4 is 32.6 Å². The summed E-state index contributed by atoms with van der Waals surface area (Å²) in [6, 6.07) is 7.90. The van der Waals surface area contributed by atoms with E-state index in [1.807, 2.05) is 31.9 Å². The summed E-state index contributed by atoms with van der Waals surface area (Å²) in [5.74, 6) is -1.37. The van der Waals surface area contributed by atoms with E-state index in [4.69, 9.17) is 0 Å². The maximum Gasteiger partial charge on any atom is 0.323 e. The van der Waals surface area contributed by atoms with Gasteiger partial charge in [0.1, 0.15) is 17.3 Å². The van der Waals surface area contributed by atoms with Crippen LogP contribution < -0.4 is 4.90 Å². The van der Waals surface area contributed by atoms with Gasteiger partial charge in [0.25, 0.3) is 0 Å². The number of aryl methyl sites for hydroxylation is 1. The molecule has 0 unspecified atom stereocenters. The van der Waals surface area contributed by atoms with Crippen LogP contribution in [0.3, 0.4) is 0 Å². The van der Waals surface area contributed by atoms with E-state index in [1.165, 1.54) is 16.4 Å². The number of fused-ring (bicyclic) bond motifs is 2. The summed E-state index contributed by atoms with van der Waals surface area (Å²) in [6.45, 7) is 3.71. The molecule has 1 N–H and O–H groups in total. The smallest absolute Gasteiger partial charge is 0.323 e. The van der Waals surface area contributed by atoms with Gasteiger partial charge in [0.2, 0.25) is 10.0 Å². The molecule has 7 nitrogen and oxygen atoms in total. The summed E-state index contributed by atoms with van der Waals surface area (Å²) < 4.78 is 42.5. The largest absolute Gasteiger partial charge is 0.480 e. The van der Waals surface area contributed by atoms with E-state index in [2.05, 4.69) is 0 Å². The number of hydrogen-bond donors (Lipinski definition) is 1. The predicted octanol–water partition coefficient (Wildman–Crippen LogP) is 3.10. The van der Waals surface area contributed by atoms with Crippen molar-refractivity contribution in [1.29, 1.82) is 0 Å². The summed E-state index contributed by atoms with van der Waals surface area (Å²) in [7, 11) is -0.166. The van der Waals surface area contributed by atoms with E-state index >= 15 is 0 Å². The second-order valence-electron chi connectivity index (χ2n) is 8.07. The van der Waals surface area contributed by atoms with Crippen LogP contribution in [0.15, 0.2) is 35.2 Å². The molecular weight excluding hydrogens is 421 g/mol. The molecule has 9 heteroatoms. The maximum absolute atomic E-state index is 14.0. The average molecular weight is 446 g/mol. The molecule has 0 spiro atoms. The zero-order valence-electron chi connectivity index (χ0n) is 17.8. The van der Waals surface area contributed by atoms with Gasteiger partial charge >= 0.3 is 5.97 Å². The van der Waals surface area contributed by atoms with Crippen LogP contribution >= 0.6 is 0 Å². The molecule has 0 atom stereocenters. The molecule has 2 heterocycles. The quantitative estimate of drug-likeness (QED) is 0.667. The Morgan fingerprint density at radius 1 is 1.16 bits per heavy atom. The third kappa shape index (κ3) is 3.47. The molecule has 1 aromatic heterocycles. The minimum absolute atomic E-state index is 0.218. The molecule has 0 amide bonds. The highest BCUT2D eigenvalue weighted by atomic mass is 32.2. The molecule has 0 saturated carbocycles. The standard InChI is InChI=1S/C22H24FN3O4S/c1-13-7-21-20(24(3)12-25(4)31(21,29)30)9-15(13)8-17-14(2)26(11-22(27)28)19-6-5-16(23)10-18(17)19/h5-7,9-10H,8,11-12H2,1-4H3,(H,27,28). The Kier molecular flexibility index (Phi) is 5.06. The molecule has 0 fully saturated rings. The highest BCUT2D eigenvalue weighted by molar-refractivity contribution is 7.89. The van der Waals surface area contributed by atoms with Gasteiger partial charge in [-0.15, -0.1) is 0 Å². The van der Waals surface area contributed by atoms with Gasteiger partial charge in [-0.05, 0) is 60.9 Å². The number of carbonyl (C=O) groups is 1. The zero-order valence-corrected chi connectivity index (χ0v) is 18.6. The van der Waals surface area contributed by atoms with Crippen LogP contribution in [-0.2, 0) is 27.8 Å². The van der Waals surface area contributed by atoms with Crippen LogP contribution in [0.4, 0.5) is 10.1 Å². The first-order valence-electron chi connectivity index (χ1n) is 9.80. The van der Waals surface area contributed by atoms with Gasteiger partial charge < -0.3 is 14.6 Å². The summed E-state index contributed by atoms with van der Waals surface area (Å²) in [5, 5.41) is 9.98. The molecule has 0 radical (unpaired) electrons. The SMILES string of the molecule is Cc1cc2c(cc1Cc1c(C)n(CC(=O)O)c3ccc(F)cc13)N(C)CN(C)S2(=O)=O. The number of nitrogens with zero attached hydrogens (tertiary/aromatic N) is 3. The van der Waals surface area contributed by atoms with Crippen LogP contribution in [0.2, 0.25) is 0 Å². The number of carboxylic acids is 1. The van der Waals surface area contributed by atoms with Crippen LogP contribution in [0.5, 0.6) is 0 Å². The Morgan fingerprint density at radius 3 is 2.55 bits per heavy atom. The summed E-state index contributed by atoms with van der Waals surface area (Å²) >= 11 is 0. The molecule has 164 valence electrons. The van der Waals surface area contributed by atoms with Crippen LogP contribution in [0.25, 0.3) is 10.9 Å². The number of anilines is 1. The fourth-order valence-corrected chi connectivity index (χ4v) is 5.77. The molecular formula is C22H24FN3O4S. The van der Waals surface area contributed by atoms with Crippen molar-refractivity contribution in [1.82, 2.24) is 8.87 Å². The lowest BCUT2D eigenvalue weighted by atomic mass is 9.97. The number of aliphatic carboxylic acids is 1. The zero-order chi connectivity index (χ0) is 22.7. The van der Waals surface area contributed by atoms with Crippen LogP contribution in [-0.4, -0.2) is 49.1 Å². The highest BCUT2D eigenvalue weighted by Crippen LogP contribution is 2.36. The van der Waals surface area contributed by atoms with Gasteiger partial charge in [-0.25, -0.2) is 12.8 Å². The van der Waals surface area contributed by atoms with Gasteiger partial charge in [0.05, 0.1) is 12.4 Å². The van der Waals surface area contributed by atoms with Crippen molar-refractivity contribution in [2.24, 2.45) is 0 Å². The van der Waals surface area contributed by atoms with Crippen LogP contribution in [0, 0.1) is 19.7 Å². The van der Waals surface area contributed by atoms with Crippen molar-refractivity contribution < 1.29 is 22.7 Å². The fourth-order valence-electron chi connectivity index (χ4n) is 4.30. The highest BCUT2D eigenvalue weighted by Gasteiger charge is 2.32. The number of aromatic nitrogens is 1. The lowest BCUT2D eigenvalue weighted by molar-refractivity contribution is -0.137. The first-order valence-corrected chi connectivity index (χ1v) is 11.2. The fraction of sp³-hybridized carbons (Fsp3) is 0.318. The molecule has 1 aliphatic rings. The lowest BCUT2D eigenvalue weighted by Gasteiger charge is -2.34. The van der Waals surface area contributed by atoms with Crippen LogP contribution in [0.1, 0.15) is 22.4 Å². The lowest BCUT2D eigenvalue weighted by Crippen LogP contribution is -2.42. The summed E-state index contributed by atoms with van der Waals surface area (Å²) in [6.07, 6.45) is 0.432. The van der Waals surface area contributed by atoms with E-state index in [0.29, 0.717) is 23.0 Å². The number of sulfonamides is 1. The Hall–Kier alpha value is -2.91. The molecule has 0 saturated heterocycles. The van der Waals surface area contributed by atoms with Gasteiger partial charge in [0.15, 0.2) is 0 Å². The van der Waals surface area contributed by atoms with Crippen molar-refractivity contribution in [2.45, 2.75) is 31.7 Å². The Bertz CT molecular complexity index is 1330. The van der Waals surface area contributed by atoms with Crippen molar-refractivity contribution in [3.8, 4) is 0 Å². The molecule has 2 aromatic carbocycles. The third-order valence-electron chi connectivity index (χ3n) is 6.00. The van der Waals surface area contributed by atoms with E-state index in [-0.39, 0.29) is 18.1 Å². The predicted molar refractivity (Wildman–Crippen MR) is 116 cm³/mol. The minimum Gasteiger partial charge on any atom is -0.480 e. The second kappa shape index (κ2) is 7.35. The molecule has 4 rings (SSSR count). The molecule has 1 aliphatic heterocycles. The first kappa shape index (κ1) is 21.3. The monoisotopic (exact) mass is 445 g/mol. The maximum atomic E-state index is 14.0.